The van der Waals surface area contributed by atoms with Crippen LogP contribution in [0, 0.1) is 10.1 Å². The van der Waals surface area contributed by atoms with Crippen LogP contribution in [-0.2, 0) is 0 Å². The standard InChI is InChI=1S/C13H9NO5/c15-12-6-5-8(7-11(12)14(18)19)9-3-1-2-4-10(9)13(16)17/h1-7,15H,(H,16,17). The Bertz CT molecular complexity index is 666. The molecule has 0 atom stereocenters. The fourth-order valence-corrected chi connectivity index (χ4v) is 1.76. The first-order valence-corrected chi connectivity index (χ1v) is 5.31. The van der Waals surface area contributed by atoms with Crippen LogP contribution in [0.3, 0.4) is 0 Å². The van der Waals surface area contributed by atoms with Gasteiger partial charge in [-0.2, -0.15) is 0 Å². The molecule has 0 saturated heterocycles. The van der Waals surface area contributed by atoms with Gasteiger partial charge in [-0.25, -0.2) is 4.79 Å². The molecular weight excluding hydrogens is 250 g/mol. The molecule has 2 aromatic carbocycles. The Kier molecular flexibility index (Phi) is 3.15. The molecule has 0 aromatic heterocycles. The number of nitro benzene ring substituents is 1. The lowest BCUT2D eigenvalue weighted by Crippen LogP contribution is -1.99. The molecule has 0 bridgehead atoms. The lowest BCUT2D eigenvalue weighted by Gasteiger charge is -2.06. The quantitative estimate of drug-likeness (QED) is 0.651. The molecule has 2 N–H and O–H groups in total. The van der Waals surface area contributed by atoms with Gasteiger partial charge >= 0.3 is 11.7 Å². The van der Waals surface area contributed by atoms with E-state index < -0.39 is 22.3 Å². The zero-order chi connectivity index (χ0) is 14.0. The van der Waals surface area contributed by atoms with Crippen LogP contribution >= 0.6 is 0 Å². The molecule has 2 rings (SSSR count). The minimum atomic E-state index is -1.12. The Morgan fingerprint density at radius 2 is 1.84 bits per heavy atom. The van der Waals surface area contributed by atoms with E-state index in [4.69, 9.17) is 5.11 Å². The number of aromatic carboxylic acids is 1. The van der Waals surface area contributed by atoms with E-state index in [0.717, 1.165) is 6.07 Å². The highest BCUT2D eigenvalue weighted by atomic mass is 16.6. The number of rotatable bonds is 3. The molecule has 2 aromatic rings. The molecule has 0 unspecified atom stereocenters. The number of carbonyl (C=O) groups is 1. The fraction of sp³-hybridized carbons (Fsp3) is 0. The van der Waals surface area contributed by atoms with E-state index in [-0.39, 0.29) is 5.56 Å². The summed E-state index contributed by atoms with van der Waals surface area (Å²) < 4.78 is 0. The van der Waals surface area contributed by atoms with E-state index >= 15 is 0 Å². The van der Waals surface area contributed by atoms with Crippen molar-refractivity contribution >= 4 is 11.7 Å². The van der Waals surface area contributed by atoms with Crippen molar-refractivity contribution < 1.29 is 19.9 Å². The zero-order valence-corrected chi connectivity index (χ0v) is 9.61. The summed E-state index contributed by atoms with van der Waals surface area (Å²) in [5, 5.41) is 29.2. The maximum absolute atomic E-state index is 11.1. The van der Waals surface area contributed by atoms with Crippen LogP contribution < -0.4 is 0 Å². The number of phenols is 1. The zero-order valence-electron chi connectivity index (χ0n) is 9.61. The third kappa shape index (κ3) is 2.37. The Hall–Kier alpha value is -2.89. The highest BCUT2D eigenvalue weighted by molar-refractivity contribution is 5.96. The maximum atomic E-state index is 11.1. The van der Waals surface area contributed by atoms with Gasteiger partial charge in [0, 0.05) is 6.07 Å². The molecule has 0 saturated carbocycles. The lowest BCUT2D eigenvalue weighted by molar-refractivity contribution is -0.385. The van der Waals surface area contributed by atoms with Crippen molar-refractivity contribution in [2.45, 2.75) is 0 Å². The molecule has 6 heteroatoms. The fourth-order valence-electron chi connectivity index (χ4n) is 1.76. The second-order valence-corrected chi connectivity index (χ2v) is 3.81. The van der Waals surface area contributed by atoms with Crippen molar-refractivity contribution in [1.82, 2.24) is 0 Å². The summed E-state index contributed by atoms with van der Waals surface area (Å²) in [6, 6.07) is 9.94. The van der Waals surface area contributed by atoms with Crippen molar-refractivity contribution in [3.8, 4) is 16.9 Å². The summed E-state index contributed by atoms with van der Waals surface area (Å²) in [6.45, 7) is 0. The molecule has 0 spiro atoms. The highest BCUT2D eigenvalue weighted by Crippen LogP contribution is 2.32. The number of carboxylic acid groups (broad SMARTS) is 1. The number of benzene rings is 2. The average molecular weight is 259 g/mol. The van der Waals surface area contributed by atoms with Crippen LogP contribution in [0.2, 0.25) is 0 Å². The number of carboxylic acids is 1. The summed E-state index contributed by atoms with van der Waals surface area (Å²) in [7, 11) is 0. The number of nitro groups is 1. The van der Waals surface area contributed by atoms with Gasteiger partial charge < -0.3 is 10.2 Å². The molecule has 0 amide bonds. The summed E-state index contributed by atoms with van der Waals surface area (Å²) in [5.74, 6) is -1.58. The van der Waals surface area contributed by atoms with Gasteiger partial charge in [-0.15, -0.1) is 0 Å². The molecule has 0 heterocycles. The van der Waals surface area contributed by atoms with Crippen LogP contribution in [0.5, 0.6) is 5.75 Å². The largest absolute Gasteiger partial charge is 0.502 e. The minimum Gasteiger partial charge on any atom is -0.502 e. The number of hydrogen-bond acceptors (Lipinski definition) is 4. The summed E-state index contributed by atoms with van der Waals surface area (Å²) >= 11 is 0. The lowest BCUT2D eigenvalue weighted by atomic mass is 9.99. The normalized spacial score (nSPS) is 10.1. The Morgan fingerprint density at radius 3 is 2.47 bits per heavy atom. The Morgan fingerprint density at radius 1 is 1.16 bits per heavy atom. The van der Waals surface area contributed by atoms with Gasteiger partial charge in [0.15, 0.2) is 5.75 Å². The van der Waals surface area contributed by atoms with Crippen LogP contribution in [-0.4, -0.2) is 21.1 Å². The average Bonchev–Trinajstić information content (AvgIpc) is 2.39. The second kappa shape index (κ2) is 4.77. The monoisotopic (exact) mass is 259 g/mol. The van der Waals surface area contributed by atoms with Crippen molar-refractivity contribution in [2.75, 3.05) is 0 Å². The molecule has 19 heavy (non-hydrogen) atoms. The molecule has 0 fully saturated rings. The third-order valence-corrected chi connectivity index (χ3v) is 2.64. The van der Waals surface area contributed by atoms with Gasteiger partial charge in [0.2, 0.25) is 0 Å². The molecule has 6 nitrogen and oxygen atoms in total. The number of phenolic OH excluding ortho intramolecular Hbond substituents is 1. The van der Waals surface area contributed by atoms with Crippen molar-refractivity contribution in [1.29, 1.82) is 0 Å². The van der Waals surface area contributed by atoms with Crippen molar-refractivity contribution in [3.63, 3.8) is 0 Å². The van der Waals surface area contributed by atoms with E-state index in [9.17, 15) is 20.0 Å². The first-order valence-electron chi connectivity index (χ1n) is 5.31. The van der Waals surface area contributed by atoms with E-state index in [0.29, 0.717) is 11.1 Å². The van der Waals surface area contributed by atoms with E-state index in [1.54, 1.807) is 18.2 Å². The Balaban J connectivity index is 2.63. The molecule has 0 radical (unpaired) electrons. The summed E-state index contributed by atoms with van der Waals surface area (Å²) in [6.07, 6.45) is 0. The molecule has 0 aliphatic carbocycles. The smallest absolute Gasteiger partial charge is 0.336 e. The van der Waals surface area contributed by atoms with E-state index in [1.165, 1.54) is 18.2 Å². The number of aromatic hydroxyl groups is 1. The van der Waals surface area contributed by atoms with Gasteiger partial charge in [-0.3, -0.25) is 10.1 Å². The predicted molar refractivity (Wildman–Crippen MR) is 67.2 cm³/mol. The van der Waals surface area contributed by atoms with Gasteiger partial charge in [0.25, 0.3) is 0 Å². The minimum absolute atomic E-state index is 0.0440. The molecule has 0 aliphatic rings. The predicted octanol–water partition coefficient (Wildman–Crippen LogP) is 2.67. The topological polar surface area (TPSA) is 101 Å². The van der Waals surface area contributed by atoms with Gasteiger partial charge in [-0.05, 0) is 23.3 Å². The number of hydrogen-bond donors (Lipinski definition) is 2. The van der Waals surface area contributed by atoms with Crippen molar-refractivity contribution in [3.05, 3.63) is 58.1 Å². The van der Waals surface area contributed by atoms with Gasteiger partial charge in [0.05, 0.1) is 10.5 Å². The van der Waals surface area contributed by atoms with E-state index in [1.807, 2.05) is 0 Å². The van der Waals surface area contributed by atoms with Crippen LogP contribution in [0.1, 0.15) is 10.4 Å². The summed E-state index contributed by atoms with van der Waals surface area (Å²) in [5.41, 5.74) is 0.306. The first kappa shape index (κ1) is 12.6. The second-order valence-electron chi connectivity index (χ2n) is 3.81. The van der Waals surface area contributed by atoms with Crippen molar-refractivity contribution in [2.24, 2.45) is 0 Å². The number of nitrogens with zero attached hydrogens (tertiary/aromatic N) is 1. The Labute approximate surface area is 107 Å². The summed E-state index contributed by atoms with van der Waals surface area (Å²) in [4.78, 5) is 21.1. The van der Waals surface area contributed by atoms with Gasteiger partial charge in [0.1, 0.15) is 0 Å². The van der Waals surface area contributed by atoms with Crippen LogP contribution in [0.15, 0.2) is 42.5 Å². The molecule has 96 valence electrons. The van der Waals surface area contributed by atoms with Crippen LogP contribution in [0.25, 0.3) is 11.1 Å². The van der Waals surface area contributed by atoms with E-state index in [2.05, 4.69) is 0 Å². The maximum Gasteiger partial charge on any atom is 0.336 e. The molecular formula is C13H9NO5. The van der Waals surface area contributed by atoms with Crippen LogP contribution in [0.4, 0.5) is 5.69 Å². The third-order valence-electron chi connectivity index (χ3n) is 2.64. The first-order chi connectivity index (χ1) is 9.00. The SMILES string of the molecule is O=C(O)c1ccccc1-c1ccc(O)c([N+](=O)[O-])c1. The highest BCUT2D eigenvalue weighted by Gasteiger charge is 2.17. The molecule has 0 aliphatic heterocycles. The van der Waals surface area contributed by atoms with Gasteiger partial charge in [-0.1, -0.05) is 24.3 Å².